The Morgan fingerprint density at radius 1 is 1.18 bits per heavy atom. The van der Waals surface area contributed by atoms with Crippen molar-refractivity contribution in [1.29, 1.82) is 0 Å². The molecular weight excluding hydrogens is 474 g/mol. The highest BCUT2D eigenvalue weighted by molar-refractivity contribution is 7.89. The summed E-state index contributed by atoms with van der Waals surface area (Å²) in [5, 5.41) is 0. The number of thiazole rings is 1. The zero-order valence-electron chi connectivity index (χ0n) is 19.4. The van der Waals surface area contributed by atoms with Gasteiger partial charge in [-0.15, -0.1) is 6.58 Å². The minimum Gasteiger partial charge on any atom is -0.465 e. The van der Waals surface area contributed by atoms with Crippen LogP contribution in [0.1, 0.15) is 40.5 Å². The quantitative estimate of drug-likeness (QED) is 0.328. The number of rotatable bonds is 9. The van der Waals surface area contributed by atoms with Crippen LogP contribution >= 0.6 is 11.3 Å². The number of carbonyl (C=O) groups excluding carboxylic acids is 2. The third kappa shape index (κ3) is 5.35. The number of methoxy groups -OCH3 is 1. The molecule has 34 heavy (non-hydrogen) atoms. The van der Waals surface area contributed by atoms with E-state index in [1.807, 2.05) is 11.5 Å². The molecule has 1 aromatic heterocycles. The van der Waals surface area contributed by atoms with Gasteiger partial charge < -0.3 is 9.30 Å². The molecule has 8 nitrogen and oxygen atoms in total. The smallest absolute Gasteiger partial charge is 0.337 e. The Bertz CT molecular complexity index is 1390. The second-order valence-corrected chi connectivity index (χ2v) is 10.6. The number of benzene rings is 2. The number of nitrogens with zero attached hydrogens (tertiary/aromatic N) is 3. The van der Waals surface area contributed by atoms with E-state index in [0.29, 0.717) is 23.5 Å². The largest absolute Gasteiger partial charge is 0.465 e. The van der Waals surface area contributed by atoms with E-state index in [9.17, 15) is 18.0 Å². The first kappa shape index (κ1) is 25.5. The number of sulfonamides is 1. The fourth-order valence-corrected chi connectivity index (χ4v) is 5.60. The first-order valence-corrected chi connectivity index (χ1v) is 13.0. The SMILES string of the molecule is C=CCn1c(=NC(=O)c2ccc(S(=O)(=O)N(C)CCCC)cc2)sc2cc(C(=O)OC)ccc21. The predicted octanol–water partition coefficient (Wildman–Crippen LogP) is 3.84. The highest BCUT2D eigenvalue weighted by atomic mass is 32.2. The molecule has 0 saturated heterocycles. The van der Waals surface area contributed by atoms with Crippen LogP contribution in [0.5, 0.6) is 0 Å². The lowest BCUT2D eigenvalue weighted by Gasteiger charge is -2.16. The molecular formula is C24H27N3O5S2. The maximum absolute atomic E-state index is 12.9. The van der Waals surface area contributed by atoms with Crippen LogP contribution in [0.3, 0.4) is 0 Å². The topological polar surface area (TPSA) is 98.0 Å². The summed E-state index contributed by atoms with van der Waals surface area (Å²) in [6.45, 7) is 6.62. The van der Waals surface area contributed by atoms with Crippen molar-refractivity contribution in [3.05, 3.63) is 71.0 Å². The summed E-state index contributed by atoms with van der Waals surface area (Å²) in [6.07, 6.45) is 3.35. The van der Waals surface area contributed by atoms with Crippen LogP contribution in [-0.2, 0) is 21.3 Å². The molecule has 0 unspecified atom stereocenters. The molecule has 0 spiro atoms. The van der Waals surface area contributed by atoms with Gasteiger partial charge in [-0.1, -0.05) is 30.8 Å². The lowest BCUT2D eigenvalue weighted by molar-refractivity contribution is 0.0600. The van der Waals surface area contributed by atoms with Gasteiger partial charge in [0.15, 0.2) is 4.80 Å². The van der Waals surface area contributed by atoms with E-state index in [-0.39, 0.29) is 10.5 Å². The van der Waals surface area contributed by atoms with Gasteiger partial charge in [-0.25, -0.2) is 17.5 Å². The van der Waals surface area contributed by atoms with Gasteiger partial charge in [0.2, 0.25) is 10.0 Å². The van der Waals surface area contributed by atoms with Crippen molar-refractivity contribution in [2.75, 3.05) is 20.7 Å². The van der Waals surface area contributed by atoms with Crippen LogP contribution < -0.4 is 4.80 Å². The Balaban J connectivity index is 1.96. The van der Waals surface area contributed by atoms with E-state index < -0.39 is 21.9 Å². The summed E-state index contributed by atoms with van der Waals surface area (Å²) < 4.78 is 34.1. The molecule has 180 valence electrons. The molecule has 0 aliphatic carbocycles. The number of fused-ring (bicyclic) bond motifs is 1. The predicted molar refractivity (Wildman–Crippen MR) is 132 cm³/mol. The minimum absolute atomic E-state index is 0.126. The fourth-order valence-electron chi connectivity index (χ4n) is 3.31. The van der Waals surface area contributed by atoms with Crippen molar-refractivity contribution in [2.24, 2.45) is 4.99 Å². The number of esters is 1. The summed E-state index contributed by atoms with van der Waals surface area (Å²) in [4.78, 5) is 29.6. The average Bonchev–Trinajstić information content (AvgIpc) is 3.18. The molecule has 0 N–H and O–H groups in total. The monoisotopic (exact) mass is 501 g/mol. The number of unbranched alkanes of at least 4 members (excludes halogenated alkanes) is 1. The van der Waals surface area contributed by atoms with Gasteiger partial charge in [0.05, 0.1) is 27.8 Å². The van der Waals surface area contributed by atoms with Gasteiger partial charge in [-0.2, -0.15) is 4.99 Å². The van der Waals surface area contributed by atoms with Crippen molar-refractivity contribution in [3.8, 4) is 0 Å². The summed E-state index contributed by atoms with van der Waals surface area (Å²) in [7, 11) is -0.753. The number of ether oxygens (including phenoxy) is 1. The number of amides is 1. The van der Waals surface area contributed by atoms with E-state index in [4.69, 9.17) is 4.74 Å². The van der Waals surface area contributed by atoms with Crippen LogP contribution in [0.25, 0.3) is 10.2 Å². The molecule has 0 saturated carbocycles. The lowest BCUT2D eigenvalue weighted by Crippen LogP contribution is -2.27. The van der Waals surface area contributed by atoms with E-state index in [2.05, 4.69) is 11.6 Å². The molecule has 1 amide bonds. The Hall–Kier alpha value is -3.08. The van der Waals surface area contributed by atoms with Gasteiger partial charge in [-0.3, -0.25) is 4.79 Å². The molecule has 2 aromatic carbocycles. The van der Waals surface area contributed by atoms with Crippen molar-refractivity contribution in [1.82, 2.24) is 8.87 Å². The molecule has 3 rings (SSSR count). The lowest BCUT2D eigenvalue weighted by atomic mass is 10.2. The number of hydrogen-bond acceptors (Lipinski definition) is 6. The zero-order chi connectivity index (χ0) is 24.9. The van der Waals surface area contributed by atoms with Crippen molar-refractivity contribution in [3.63, 3.8) is 0 Å². The van der Waals surface area contributed by atoms with Gasteiger partial charge in [0.1, 0.15) is 0 Å². The third-order valence-corrected chi connectivity index (χ3v) is 8.16. The second kappa shape index (κ2) is 10.9. The van der Waals surface area contributed by atoms with Crippen molar-refractivity contribution >= 4 is 43.5 Å². The minimum atomic E-state index is -3.62. The fraction of sp³-hybridized carbons (Fsp3) is 0.292. The van der Waals surface area contributed by atoms with Crippen molar-refractivity contribution in [2.45, 2.75) is 31.2 Å². The molecule has 0 atom stereocenters. The maximum Gasteiger partial charge on any atom is 0.337 e. The standard InChI is InChI=1S/C24H27N3O5S2/c1-5-7-15-26(3)34(30,31)19-11-8-17(9-12-19)22(28)25-24-27(14-6-2)20-13-10-18(23(29)32-4)16-21(20)33-24/h6,8-13,16H,2,5,7,14-15H2,1,3-4H3. The zero-order valence-corrected chi connectivity index (χ0v) is 21.0. The molecule has 0 bridgehead atoms. The van der Waals surface area contributed by atoms with Gasteiger partial charge in [0.25, 0.3) is 5.91 Å². The van der Waals surface area contributed by atoms with Crippen LogP contribution in [0, 0.1) is 0 Å². The maximum atomic E-state index is 12.9. The van der Waals surface area contributed by atoms with E-state index in [0.717, 1.165) is 23.1 Å². The summed E-state index contributed by atoms with van der Waals surface area (Å²) in [6, 6.07) is 10.9. The Morgan fingerprint density at radius 2 is 1.85 bits per heavy atom. The summed E-state index contributed by atoms with van der Waals surface area (Å²) in [5.74, 6) is -0.948. The second-order valence-electron chi connectivity index (χ2n) is 7.58. The Kier molecular flexibility index (Phi) is 8.19. The van der Waals surface area contributed by atoms with Crippen LogP contribution in [-0.4, -0.2) is 49.9 Å². The molecule has 10 heteroatoms. The van der Waals surface area contributed by atoms with E-state index in [1.165, 1.54) is 47.0 Å². The molecule has 1 heterocycles. The van der Waals surface area contributed by atoms with Gasteiger partial charge >= 0.3 is 5.97 Å². The molecule has 3 aromatic rings. The third-order valence-electron chi connectivity index (χ3n) is 5.25. The van der Waals surface area contributed by atoms with Gasteiger partial charge in [0, 0.05) is 25.7 Å². The Morgan fingerprint density at radius 3 is 2.47 bits per heavy atom. The van der Waals surface area contributed by atoms with E-state index >= 15 is 0 Å². The van der Waals surface area contributed by atoms with Crippen LogP contribution in [0.4, 0.5) is 0 Å². The normalized spacial score (nSPS) is 12.3. The number of aromatic nitrogens is 1. The van der Waals surface area contributed by atoms with Gasteiger partial charge in [-0.05, 0) is 48.9 Å². The average molecular weight is 502 g/mol. The molecule has 0 aliphatic rings. The molecule has 0 fully saturated rings. The number of allylic oxidation sites excluding steroid dienone is 1. The van der Waals surface area contributed by atoms with Crippen LogP contribution in [0.15, 0.2) is 65.0 Å². The van der Waals surface area contributed by atoms with Crippen molar-refractivity contribution < 1.29 is 22.7 Å². The van der Waals surface area contributed by atoms with E-state index in [1.54, 1.807) is 31.3 Å². The number of hydrogen-bond donors (Lipinski definition) is 0. The number of carbonyl (C=O) groups is 2. The molecule has 0 aliphatic heterocycles. The first-order chi connectivity index (χ1) is 16.2. The summed E-state index contributed by atoms with van der Waals surface area (Å²) >= 11 is 1.27. The summed E-state index contributed by atoms with van der Waals surface area (Å²) in [5.41, 5.74) is 1.48. The molecule has 0 radical (unpaired) electrons. The highest BCUT2D eigenvalue weighted by Crippen LogP contribution is 2.21. The first-order valence-electron chi connectivity index (χ1n) is 10.7. The van der Waals surface area contributed by atoms with Crippen LogP contribution in [0.2, 0.25) is 0 Å². The highest BCUT2D eigenvalue weighted by Gasteiger charge is 2.20. The Labute approximate surface area is 202 Å².